The highest BCUT2D eigenvalue weighted by Crippen LogP contribution is 2.30. The Morgan fingerprint density at radius 1 is 1.24 bits per heavy atom. The molecule has 0 bridgehead atoms. The van der Waals surface area contributed by atoms with Crippen LogP contribution in [0, 0.1) is 6.92 Å². The number of aromatic nitrogens is 4. The van der Waals surface area contributed by atoms with Gasteiger partial charge in [0.1, 0.15) is 11.6 Å². The van der Waals surface area contributed by atoms with Gasteiger partial charge in [-0.2, -0.15) is 5.10 Å². The van der Waals surface area contributed by atoms with E-state index in [1.165, 1.54) is 0 Å². The van der Waals surface area contributed by atoms with Crippen molar-refractivity contribution in [1.82, 2.24) is 19.3 Å². The lowest BCUT2D eigenvalue weighted by atomic mass is 10.1. The number of carbonyl (C=O) groups is 1. The summed E-state index contributed by atoms with van der Waals surface area (Å²) < 4.78 is 3.75. The number of nitrogens with zero attached hydrogens (tertiary/aromatic N) is 4. The fourth-order valence-corrected chi connectivity index (χ4v) is 3.03. The zero-order valence-corrected chi connectivity index (χ0v) is 14.9. The number of amides is 1. The number of anilines is 1. The van der Waals surface area contributed by atoms with Crippen molar-refractivity contribution in [2.24, 2.45) is 7.05 Å². The first-order valence-electron chi connectivity index (χ1n) is 8.49. The first-order valence-corrected chi connectivity index (χ1v) is 8.49. The van der Waals surface area contributed by atoms with Gasteiger partial charge in [-0.15, -0.1) is 0 Å². The van der Waals surface area contributed by atoms with E-state index < -0.39 is 0 Å². The Morgan fingerprint density at radius 2 is 2.00 bits per heavy atom. The molecule has 3 aromatic rings. The summed E-state index contributed by atoms with van der Waals surface area (Å²) in [5.74, 6) is 1.69. The van der Waals surface area contributed by atoms with Crippen LogP contribution in [0.3, 0.4) is 0 Å². The topological polar surface area (TPSA) is 64.7 Å². The van der Waals surface area contributed by atoms with E-state index in [1.807, 2.05) is 55.1 Å². The molecule has 2 heterocycles. The Hall–Kier alpha value is -2.89. The second-order valence-corrected chi connectivity index (χ2v) is 5.99. The molecule has 0 fully saturated rings. The first kappa shape index (κ1) is 17.0. The molecule has 0 saturated carbocycles. The summed E-state index contributed by atoms with van der Waals surface area (Å²) in [4.78, 5) is 16.8. The minimum atomic E-state index is -0.0315. The van der Waals surface area contributed by atoms with Crippen molar-refractivity contribution in [3.8, 4) is 11.1 Å². The minimum absolute atomic E-state index is 0.0315. The van der Waals surface area contributed by atoms with E-state index in [1.54, 1.807) is 10.9 Å². The Morgan fingerprint density at radius 3 is 2.72 bits per heavy atom. The van der Waals surface area contributed by atoms with Gasteiger partial charge in [-0.3, -0.25) is 9.48 Å². The van der Waals surface area contributed by atoms with E-state index in [4.69, 9.17) is 0 Å². The maximum Gasteiger partial charge on any atom is 0.227 e. The van der Waals surface area contributed by atoms with E-state index >= 15 is 0 Å². The number of imidazole rings is 1. The van der Waals surface area contributed by atoms with E-state index in [0.717, 1.165) is 34.9 Å². The smallest absolute Gasteiger partial charge is 0.227 e. The van der Waals surface area contributed by atoms with Gasteiger partial charge in [-0.1, -0.05) is 37.3 Å². The summed E-state index contributed by atoms with van der Waals surface area (Å²) in [5, 5.41) is 7.49. The van der Waals surface area contributed by atoms with Crippen molar-refractivity contribution >= 4 is 11.7 Å². The normalized spacial score (nSPS) is 10.8. The summed E-state index contributed by atoms with van der Waals surface area (Å²) in [6, 6.07) is 10.00. The highest BCUT2D eigenvalue weighted by atomic mass is 16.1. The lowest BCUT2D eigenvalue weighted by Crippen LogP contribution is -2.17. The van der Waals surface area contributed by atoms with E-state index in [-0.39, 0.29) is 5.91 Å². The molecule has 0 atom stereocenters. The fraction of sp³-hybridized carbons (Fsp3) is 0.316. The van der Waals surface area contributed by atoms with E-state index in [0.29, 0.717) is 13.0 Å². The molecule has 3 rings (SSSR count). The van der Waals surface area contributed by atoms with Crippen LogP contribution in [0.25, 0.3) is 11.1 Å². The van der Waals surface area contributed by atoms with E-state index in [2.05, 4.69) is 22.3 Å². The molecule has 0 saturated heterocycles. The maximum absolute atomic E-state index is 12.5. The first-order chi connectivity index (χ1) is 12.1. The largest absolute Gasteiger partial charge is 0.334 e. The Kier molecular flexibility index (Phi) is 4.97. The van der Waals surface area contributed by atoms with Crippen molar-refractivity contribution in [3.05, 3.63) is 54.2 Å². The molecule has 1 N–H and O–H groups in total. The summed E-state index contributed by atoms with van der Waals surface area (Å²) in [6.07, 6.45) is 4.93. The Balaban J connectivity index is 1.75. The van der Waals surface area contributed by atoms with Crippen LogP contribution < -0.4 is 5.32 Å². The molecule has 2 aromatic heterocycles. The molecule has 0 aliphatic carbocycles. The van der Waals surface area contributed by atoms with Gasteiger partial charge in [-0.25, -0.2) is 4.98 Å². The average molecular weight is 337 g/mol. The van der Waals surface area contributed by atoms with Crippen LogP contribution in [-0.4, -0.2) is 25.2 Å². The van der Waals surface area contributed by atoms with Crippen LogP contribution in [0.5, 0.6) is 0 Å². The molecular formula is C19H23N5O. The van der Waals surface area contributed by atoms with Crippen LogP contribution in [0.4, 0.5) is 5.82 Å². The fourth-order valence-electron chi connectivity index (χ4n) is 3.03. The molecule has 6 nitrogen and oxygen atoms in total. The molecule has 1 aromatic carbocycles. The second kappa shape index (κ2) is 7.34. The summed E-state index contributed by atoms with van der Waals surface area (Å²) in [5.41, 5.74) is 2.91. The van der Waals surface area contributed by atoms with Gasteiger partial charge in [-0.05, 0) is 12.5 Å². The number of hydrogen-bond donors (Lipinski definition) is 1. The van der Waals surface area contributed by atoms with Crippen molar-refractivity contribution < 1.29 is 4.79 Å². The second-order valence-electron chi connectivity index (χ2n) is 5.99. The van der Waals surface area contributed by atoms with Gasteiger partial charge in [0, 0.05) is 44.4 Å². The van der Waals surface area contributed by atoms with Gasteiger partial charge in [0.05, 0.1) is 5.69 Å². The number of carbonyl (C=O) groups excluding carboxylic acids is 1. The van der Waals surface area contributed by atoms with Gasteiger partial charge in [0.15, 0.2) is 0 Å². The zero-order valence-electron chi connectivity index (χ0n) is 14.9. The summed E-state index contributed by atoms with van der Waals surface area (Å²) in [7, 11) is 1.85. The molecule has 1 amide bonds. The third-order valence-electron chi connectivity index (χ3n) is 4.24. The number of aryl methyl sites for hydroxylation is 4. The molecule has 6 heteroatoms. The third kappa shape index (κ3) is 3.63. The number of benzene rings is 1. The van der Waals surface area contributed by atoms with Crippen molar-refractivity contribution in [3.63, 3.8) is 0 Å². The number of rotatable bonds is 6. The quantitative estimate of drug-likeness (QED) is 0.751. The molecule has 130 valence electrons. The number of hydrogen-bond acceptors (Lipinski definition) is 3. The molecular weight excluding hydrogens is 314 g/mol. The minimum Gasteiger partial charge on any atom is -0.334 e. The average Bonchev–Trinajstić information content (AvgIpc) is 3.18. The molecule has 0 spiro atoms. The maximum atomic E-state index is 12.5. The Labute approximate surface area is 147 Å². The monoisotopic (exact) mass is 337 g/mol. The molecule has 0 radical (unpaired) electrons. The number of nitrogens with one attached hydrogen (secondary N) is 1. The van der Waals surface area contributed by atoms with Crippen LogP contribution >= 0.6 is 0 Å². The predicted octanol–water partition coefficient (Wildman–Crippen LogP) is 3.18. The van der Waals surface area contributed by atoms with Crippen LogP contribution in [0.2, 0.25) is 0 Å². The molecule has 0 aliphatic rings. The zero-order chi connectivity index (χ0) is 17.8. The van der Waals surface area contributed by atoms with Gasteiger partial charge in [0.2, 0.25) is 5.91 Å². The van der Waals surface area contributed by atoms with Gasteiger partial charge in [0.25, 0.3) is 0 Å². The standard InChI is InChI=1S/C19H23N5O/c1-4-16-20-11-13-24(16)12-10-17(25)21-19-18(14(2)22-23(19)3)15-8-6-5-7-9-15/h5-9,11,13H,4,10,12H2,1-3H3,(H,21,25). The summed E-state index contributed by atoms with van der Waals surface area (Å²) in [6.45, 7) is 4.63. The lowest BCUT2D eigenvalue weighted by molar-refractivity contribution is -0.116. The molecule has 25 heavy (non-hydrogen) atoms. The van der Waals surface area contributed by atoms with Crippen molar-refractivity contribution in [2.45, 2.75) is 33.2 Å². The highest BCUT2D eigenvalue weighted by molar-refractivity contribution is 5.94. The SMILES string of the molecule is CCc1nccn1CCC(=O)Nc1c(-c2ccccc2)c(C)nn1C. The van der Waals surface area contributed by atoms with Crippen LogP contribution in [0.15, 0.2) is 42.7 Å². The molecule has 0 aliphatic heterocycles. The van der Waals surface area contributed by atoms with E-state index in [9.17, 15) is 4.79 Å². The van der Waals surface area contributed by atoms with Crippen LogP contribution in [-0.2, 0) is 24.8 Å². The van der Waals surface area contributed by atoms with Crippen molar-refractivity contribution in [2.75, 3.05) is 5.32 Å². The summed E-state index contributed by atoms with van der Waals surface area (Å²) >= 11 is 0. The van der Waals surface area contributed by atoms with Crippen LogP contribution in [0.1, 0.15) is 24.9 Å². The van der Waals surface area contributed by atoms with Crippen molar-refractivity contribution in [1.29, 1.82) is 0 Å². The van der Waals surface area contributed by atoms with Gasteiger partial charge >= 0.3 is 0 Å². The predicted molar refractivity (Wildman–Crippen MR) is 98.2 cm³/mol. The Bertz CT molecular complexity index is 863. The lowest BCUT2D eigenvalue weighted by Gasteiger charge is -2.10. The molecule has 0 unspecified atom stereocenters. The third-order valence-corrected chi connectivity index (χ3v) is 4.24. The highest BCUT2D eigenvalue weighted by Gasteiger charge is 2.17. The van der Waals surface area contributed by atoms with Gasteiger partial charge < -0.3 is 9.88 Å².